The van der Waals surface area contributed by atoms with Gasteiger partial charge in [-0.2, -0.15) is 0 Å². The molecular formula is C15H23NO3. The van der Waals surface area contributed by atoms with Crippen molar-refractivity contribution in [3.05, 3.63) is 29.6 Å². The third kappa shape index (κ3) is 6.91. The number of ether oxygens (including phenoxy) is 1. The summed E-state index contributed by atoms with van der Waals surface area (Å²) in [5, 5.41) is 8.85. The van der Waals surface area contributed by atoms with Gasteiger partial charge in [-0.25, -0.2) is 4.79 Å². The Morgan fingerprint density at radius 2 is 2.00 bits per heavy atom. The molecule has 1 rings (SSSR count). The van der Waals surface area contributed by atoms with Gasteiger partial charge in [-0.1, -0.05) is 39.0 Å². The van der Waals surface area contributed by atoms with Crippen LogP contribution in [0.15, 0.2) is 18.3 Å². The summed E-state index contributed by atoms with van der Waals surface area (Å²) in [6.45, 7) is 3.31. The molecule has 4 nitrogen and oxygen atoms in total. The van der Waals surface area contributed by atoms with Gasteiger partial charge in [0.15, 0.2) is 0 Å². The molecule has 19 heavy (non-hydrogen) atoms. The van der Waals surface area contributed by atoms with Crippen molar-refractivity contribution in [1.82, 2.24) is 4.98 Å². The lowest BCUT2D eigenvalue weighted by Gasteiger charge is -2.04. The molecule has 0 aromatic carbocycles. The fourth-order valence-corrected chi connectivity index (χ4v) is 1.85. The molecule has 1 N–H and O–H groups in total. The monoisotopic (exact) mass is 265 g/mol. The van der Waals surface area contributed by atoms with E-state index in [0.717, 1.165) is 6.42 Å². The Hall–Kier alpha value is -1.42. The van der Waals surface area contributed by atoms with E-state index in [0.29, 0.717) is 18.9 Å². The largest absolute Gasteiger partial charge is 0.478 e. The van der Waals surface area contributed by atoms with Gasteiger partial charge in [0.25, 0.3) is 0 Å². The van der Waals surface area contributed by atoms with Crippen LogP contribution in [0.25, 0.3) is 0 Å². The van der Waals surface area contributed by atoms with Crippen LogP contribution in [-0.4, -0.2) is 22.7 Å². The summed E-state index contributed by atoms with van der Waals surface area (Å²) in [7, 11) is 0. The SMILES string of the molecule is CCCCCCCCOCc1cc(C(=O)O)ccn1. The maximum atomic E-state index is 10.8. The minimum atomic E-state index is -0.931. The number of hydrogen-bond donors (Lipinski definition) is 1. The maximum Gasteiger partial charge on any atom is 0.335 e. The highest BCUT2D eigenvalue weighted by molar-refractivity contribution is 5.87. The van der Waals surface area contributed by atoms with Gasteiger partial charge in [0.2, 0.25) is 0 Å². The van der Waals surface area contributed by atoms with Gasteiger partial charge in [0, 0.05) is 12.8 Å². The molecule has 0 spiro atoms. The number of aromatic nitrogens is 1. The molecule has 1 aromatic rings. The van der Waals surface area contributed by atoms with Gasteiger partial charge in [0.05, 0.1) is 17.9 Å². The van der Waals surface area contributed by atoms with Crippen LogP contribution < -0.4 is 0 Å². The molecule has 0 fully saturated rings. The Balaban J connectivity index is 2.12. The predicted molar refractivity (Wildman–Crippen MR) is 74.2 cm³/mol. The van der Waals surface area contributed by atoms with E-state index in [2.05, 4.69) is 11.9 Å². The van der Waals surface area contributed by atoms with E-state index in [-0.39, 0.29) is 5.56 Å². The van der Waals surface area contributed by atoms with Crippen LogP contribution in [0.1, 0.15) is 61.5 Å². The number of carboxylic acids is 1. The van der Waals surface area contributed by atoms with Crippen LogP contribution in [-0.2, 0) is 11.3 Å². The topological polar surface area (TPSA) is 59.4 Å². The molecule has 106 valence electrons. The predicted octanol–water partition coefficient (Wildman–Crippen LogP) is 3.66. The minimum Gasteiger partial charge on any atom is -0.478 e. The van der Waals surface area contributed by atoms with Crippen LogP contribution in [0.5, 0.6) is 0 Å². The number of unbranched alkanes of at least 4 members (excludes halogenated alkanes) is 5. The summed E-state index contributed by atoms with van der Waals surface area (Å²) in [6, 6.07) is 3.04. The highest BCUT2D eigenvalue weighted by atomic mass is 16.5. The Morgan fingerprint density at radius 3 is 2.74 bits per heavy atom. The van der Waals surface area contributed by atoms with Gasteiger partial charge in [-0.3, -0.25) is 4.98 Å². The van der Waals surface area contributed by atoms with Crippen molar-refractivity contribution in [2.24, 2.45) is 0 Å². The smallest absolute Gasteiger partial charge is 0.335 e. The Morgan fingerprint density at radius 1 is 1.26 bits per heavy atom. The Kier molecular flexibility index (Phi) is 7.82. The molecule has 0 aliphatic heterocycles. The summed E-state index contributed by atoms with van der Waals surface area (Å²) in [6.07, 6.45) is 8.91. The number of aromatic carboxylic acids is 1. The number of pyridine rings is 1. The zero-order chi connectivity index (χ0) is 13.9. The number of carboxylic acid groups (broad SMARTS) is 1. The Bertz CT molecular complexity index is 379. The van der Waals surface area contributed by atoms with Crippen molar-refractivity contribution in [3.8, 4) is 0 Å². The van der Waals surface area contributed by atoms with Crippen molar-refractivity contribution in [1.29, 1.82) is 0 Å². The van der Waals surface area contributed by atoms with Gasteiger partial charge in [-0.05, 0) is 18.6 Å². The lowest BCUT2D eigenvalue weighted by Crippen LogP contribution is -2.02. The van der Waals surface area contributed by atoms with Crippen LogP contribution in [0.2, 0.25) is 0 Å². The summed E-state index contributed by atoms with van der Waals surface area (Å²) >= 11 is 0. The molecule has 0 unspecified atom stereocenters. The van der Waals surface area contributed by atoms with Gasteiger partial charge < -0.3 is 9.84 Å². The van der Waals surface area contributed by atoms with E-state index in [1.165, 1.54) is 44.4 Å². The number of carbonyl (C=O) groups is 1. The van der Waals surface area contributed by atoms with Crippen molar-refractivity contribution < 1.29 is 14.6 Å². The molecule has 4 heteroatoms. The summed E-state index contributed by atoms with van der Waals surface area (Å²) in [4.78, 5) is 14.9. The fraction of sp³-hybridized carbons (Fsp3) is 0.600. The second-order valence-corrected chi connectivity index (χ2v) is 4.66. The van der Waals surface area contributed by atoms with Gasteiger partial charge in [-0.15, -0.1) is 0 Å². The normalized spacial score (nSPS) is 10.6. The standard InChI is InChI=1S/C15H23NO3/c1-2-3-4-5-6-7-10-19-12-14-11-13(15(17)18)8-9-16-14/h8-9,11H,2-7,10,12H2,1H3,(H,17,18). The average Bonchev–Trinajstić information content (AvgIpc) is 2.42. The van der Waals surface area contributed by atoms with Gasteiger partial charge >= 0.3 is 5.97 Å². The van der Waals surface area contributed by atoms with Crippen molar-refractivity contribution in [2.45, 2.75) is 52.1 Å². The average molecular weight is 265 g/mol. The van der Waals surface area contributed by atoms with Crippen LogP contribution >= 0.6 is 0 Å². The minimum absolute atomic E-state index is 0.258. The third-order valence-electron chi connectivity index (χ3n) is 2.96. The molecule has 0 saturated carbocycles. The molecule has 0 atom stereocenters. The van der Waals surface area contributed by atoms with Crippen LogP contribution in [0.3, 0.4) is 0 Å². The number of rotatable bonds is 10. The fourth-order valence-electron chi connectivity index (χ4n) is 1.85. The molecule has 0 saturated heterocycles. The highest BCUT2D eigenvalue weighted by Crippen LogP contribution is 2.07. The molecule has 0 aliphatic carbocycles. The second-order valence-electron chi connectivity index (χ2n) is 4.66. The lowest BCUT2D eigenvalue weighted by atomic mass is 10.1. The first kappa shape index (κ1) is 15.6. The van der Waals surface area contributed by atoms with E-state index >= 15 is 0 Å². The molecule has 1 heterocycles. The number of nitrogens with zero attached hydrogens (tertiary/aromatic N) is 1. The zero-order valence-electron chi connectivity index (χ0n) is 11.6. The first-order valence-corrected chi connectivity index (χ1v) is 7.00. The summed E-state index contributed by atoms with van der Waals surface area (Å²) < 4.78 is 5.51. The van der Waals surface area contributed by atoms with E-state index in [4.69, 9.17) is 9.84 Å². The van der Waals surface area contributed by atoms with E-state index < -0.39 is 5.97 Å². The van der Waals surface area contributed by atoms with Crippen LogP contribution in [0.4, 0.5) is 0 Å². The van der Waals surface area contributed by atoms with Crippen LogP contribution in [0, 0.1) is 0 Å². The molecule has 0 amide bonds. The summed E-state index contributed by atoms with van der Waals surface area (Å²) in [5.41, 5.74) is 0.930. The molecular weight excluding hydrogens is 242 g/mol. The Labute approximate surface area is 114 Å². The third-order valence-corrected chi connectivity index (χ3v) is 2.96. The summed E-state index contributed by atoms with van der Waals surface area (Å²) in [5.74, 6) is -0.931. The van der Waals surface area contributed by atoms with E-state index in [9.17, 15) is 4.79 Å². The highest BCUT2D eigenvalue weighted by Gasteiger charge is 2.04. The van der Waals surface area contributed by atoms with Crippen molar-refractivity contribution in [2.75, 3.05) is 6.61 Å². The first-order chi connectivity index (χ1) is 9.24. The first-order valence-electron chi connectivity index (χ1n) is 7.00. The quantitative estimate of drug-likeness (QED) is 0.656. The lowest BCUT2D eigenvalue weighted by molar-refractivity contribution is 0.0696. The second kappa shape index (κ2) is 9.50. The number of hydrogen-bond acceptors (Lipinski definition) is 3. The molecule has 0 radical (unpaired) electrons. The van der Waals surface area contributed by atoms with Crippen molar-refractivity contribution >= 4 is 5.97 Å². The van der Waals surface area contributed by atoms with E-state index in [1.54, 1.807) is 6.07 Å². The molecule has 1 aromatic heterocycles. The van der Waals surface area contributed by atoms with E-state index in [1.807, 2.05) is 0 Å². The zero-order valence-corrected chi connectivity index (χ0v) is 11.6. The van der Waals surface area contributed by atoms with Gasteiger partial charge in [0.1, 0.15) is 0 Å². The maximum absolute atomic E-state index is 10.8. The van der Waals surface area contributed by atoms with Crippen molar-refractivity contribution in [3.63, 3.8) is 0 Å². The molecule has 0 bridgehead atoms. The molecule has 0 aliphatic rings.